The van der Waals surface area contributed by atoms with Crippen molar-refractivity contribution in [2.75, 3.05) is 9.80 Å². The fraction of sp³-hybridized carbons (Fsp3) is 0.0843. The SMILES string of the molecule is Cc1ccc(N(c2ccc3c(c2)C(c2ccccc2)(c2ccccc2)c2cc(N(c4ccc(C)cc4C)c4cccc5c4oc4c(-c6ccccc6C)cccc45)c4ccccc4c2-3)c2cccc3c2oc2c(-c4ccccc4C)cccc23)c(C)c1. The molecule has 0 amide bonds. The highest BCUT2D eigenvalue weighted by Gasteiger charge is 2.48. The number of hydrogen-bond acceptors (Lipinski definition) is 4. The summed E-state index contributed by atoms with van der Waals surface area (Å²) in [6.07, 6.45) is 0. The average molecular weight is 1120 g/mol. The van der Waals surface area contributed by atoms with E-state index in [2.05, 4.69) is 318 Å². The van der Waals surface area contributed by atoms with Crippen LogP contribution in [0.3, 0.4) is 0 Å². The third-order valence-electron chi connectivity index (χ3n) is 18.6. The molecule has 87 heavy (non-hydrogen) atoms. The van der Waals surface area contributed by atoms with E-state index in [-0.39, 0.29) is 0 Å². The predicted molar refractivity (Wildman–Crippen MR) is 364 cm³/mol. The molecule has 0 aliphatic heterocycles. The Kier molecular flexibility index (Phi) is 12.1. The van der Waals surface area contributed by atoms with Crippen LogP contribution < -0.4 is 9.80 Å². The Hall–Kier alpha value is -10.7. The molecule has 0 bridgehead atoms. The standard InChI is InChI=1S/C83H62N2O2/c1-51-41-45-73(55(5)47-51)84(75-39-21-37-68-66-35-19-33-64(79(66)86-81(68)75)60-29-15-13-23-53(60)3)59-43-44-70-71(49-59)83(57-25-9-7-10-26-57,58-27-11-8-12-28-58)72-50-77(62-31-17-18-32-63(62)78(70)72)85(74-46-42-52(2)48-56(74)6)76-40-22-38-69-67-36-20-34-65(80(67)87-82(69)76)61-30-16-14-24-54(61)4/h7-50H,1-6H3. The minimum Gasteiger partial charge on any atom is -0.453 e. The van der Waals surface area contributed by atoms with Gasteiger partial charge in [0.2, 0.25) is 0 Å². The molecule has 0 fully saturated rings. The molecule has 4 heteroatoms. The molecule has 0 saturated heterocycles. The van der Waals surface area contributed by atoms with Crippen LogP contribution in [0.1, 0.15) is 55.6 Å². The summed E-state index contributed by atoms with van der Waals surface area (Å²) in [5.74, 6) is 0. The van der Waals surface area contributed by atoms with Crippen LogP contribution in [0.5, 0.6) is 0 Å². The lowest BCUT2D eigenvalue weighted by atomic mass is 9.67. The first-order valence-corrected chi connectivity index (χ1v) is 30.2. The Morgan fingerprint density at radius 1 is 0.264 bits per heavy atom. The van der Waals surface area contributed by atoms with Crippen LogP contribution in [0.25, 0.3) is 88.0 Å². The number of para-hydroxylation sites is 4. The highest BCUT2D eigenvalue weighted by Crippen LogP contribution is 2.61. The second-order valence-corrected chi connectivity index (χ2v) is 23.8. The zero-order chi connectivity index (χ0) is 58.7. The molecule has 0 unspecified atom stereocenters. The smallest absolute Gasteiger partial charge is 0.159 e. The van der Waals surface area contributed by atoms with Gasteiger partial charge in [-0.1, -0.05) is 236 Å². The zero-order valence-electron chi connectivity index (χ0n) is 49.6. The van der Waals surface area contributed by atoms with Gasteiger partial charge in [-0.25, -0.2) is 0 Å². The molecule has 2 heterocycles. The van der Waals surface area contributed by atoms with Gasteiger partial charge in [0, 0.05) is 55.1 Å². The molecular formula is C83H62N2O2. The van der Waals surface area contributed by atoms with E-state index in [1.54, 1.807) is 0 Å². The fourth-order valence-corrected chi connectivity index (χ4v) is 14.7. The summed E-state index contributed by atoms with van der Waals surface area (Å²) in [6, 6.07) is 98.5. The lowest BCUT2D eigenvalue weighted by molar-refractivity contribution is 0.669. The van der Waals surface area contributed by atoms with E-state index >= 15 is 0 Å². The Morgan fingerprint density at radius 2 is 0.701 bits per heavy atom. The van der Waals surface area contributed by atoms with Crippen LogP contribution in [0, 0.1) is 41.5 Å². The summed E-state index contributed by atoms with van der Waals surface area (Å²) in [5.41, 5.74) is 27.6. The fourth-order valence-electron chi connectivity index (χ4n) is 14.7. The Bertz CT molecular complexity index is 5220. The normalized spacial score (nSPS) is 12.6. The van der Waals surface area contributed by atoms with Crippen LogP contribution in [-0.4, -0.2) is 0 Å². The van der Waals surface area contributed by atoms with Crippen molar-refractivity contribution in [3.8, 4) is 33.4 Å². The molecule has 16 rings (SSSR count). The number of hydrogen-bond donors (Lipinski definition) is 0. The van der Waals surface area contributed by atoms with Gasteiger partial charge in [-0.2, -0.15) is 0 Å². The molecule has 15 aromatic rings. The number of benzene rings is 13. The Labute approximate surface area is 507 Å². The summed E-state index contributed by atoms with van der Waals surface area (Å²) in [4.78, 5) is 4.94. The van der Waals surface area contributed by atoms with Gasteiger partial charge in [-0.15, -0.1) is 0 Å². The Morgan fingerprint density at radius 3 is 1.23 bits per heavy atom. The van der Waals surface area contributed by atoms with Gasteiger partial charge < -0.3 is 18.6 Å². The van der Waals surface area contributed by atoms with Crippen LogP contribution in [0.2, 0.25) is 0 Å². The number of aryl methyl sites for hydroxylation is 6. The molecule has 1 aliphatic rings. The van der Waals surface area contributed by atoms with E-state index in [0.29, 0.717) is 0 Å². The van der Waals surface area contributed by atoms with Crippen LogP contribution in [0.15, 0.2) is 276 Å². The Balaban J connectivity index is 0.988. The zero-order valence-corrected chi connectivity index (χ0v) is 49.6. The van der Waals surface area contributed by atoms with Crippen LogP contribution >= 0.6 is 0 Å². The molecule has 1 aliphatic carbocycles. The molecule has 2 aromatic heterocycles. The highest BCUT2D eigenvalue weighted by molar-refractivity contribution is 6.17. The predicted octanol–water partition coefficient (Wildman–Crippen LogP) is 23.1. The number of nitrogens with zero attached hydrogens (tertiary/aromatic N) is 2. The van der Waals surface area contributed by atoms with Gasteiger partial charge in [0.25, 0.3) is 0 Å². The monoisotopic (exact) mass is 1120 g/mol. The third-order valence-corrected chi connectivity index (χ3v) is 18.6. The molecule has 416 valence electrons. The number of anilines is 6. The maximum Gasteiger partial charge on any atom is 0.159 e. The van der Waals surface area contributed by atoms with E-state index in [1.807, 2.05) is 0 Å². The number of fused-ring (bicyclic) bond motifs is 11. The van der Waals surface area contributed by atoms with Gasteiger partial charge in [-0.05, 0) is 156 Å². The molecule has 13 aromatic carbocycles. The first-order valence-electron chi connectivity index (χ1n) is 30.2. The van der Waals surface area contributed by atoms with E-state index in [1.165, 1.54) is 61.0 Å². The highest BCUT2D eigenvalue weighted by atomic mass is 16.3. The summed E-state index contributed by atoms with van der Waals surface area (Å²) in [7, 11) is 0. The maximum atomic E-state index is 7.39. The van der Waals surface area contributed by atoms with E-state index < -0.39 is 5.41 Å². The molecule has 0 spiro atoms. The summed E-state index contributed by atoms with van der Waals surface area (Å²) >= 11 is 0. The van der Waals surface area contributed by atoms with Gasteiger partial charge in [0.15, 0.2) is 11.2 Å². The van der Waals surface area contributed by atoms with Crippen molar-refractivity contribution in [3.63, 3.8) is 0 Å². The summed E-state index contributed by atoms with van der Waals surface area (Å²) in [6.45, 7) is 13.2. The lowest BCUT2D eigenvalue weighted by Gasteiger charge is -2.36. The van der Waals surface area contributed by atoms with Crippen LogP contribution in [-0.2, 0) is 5.41 Å². The lowest BCUT2D eigenvalue weighted by Crippen LogP contribution is -2.29. The van der Waals surface area contributed by atoms with Crippen molar-refractivity contribution in [2.24, 2.45) is 0 Å². The topological polar surface area (TPSA) is 32.8 Å². The van der Waals surface area contributed by atoms with Crippen molar-refractivity contribution in [1.82, 2.24) is 0 Å². The van der Waals surface area contributed by atoms with Crippen molar-refractivity contribution < 1.29 is 8.83 Å². The minimum atomic E-state index is -0.814. The van der Waals surface area contributed by atoms with E-state index in [0.717, 1.165) is 117 Å². The number of furan rings is 2. The quantitative estimate of drug-likeness (QED) is 0.137. The third kappa shape index (κ3) is 7.98. The van der Waals surface area contributed by atoms with E-state index in [9.17, 15) is 0 Å². The first kappa shape index (κ1) is 51.9. The van der Waals surface area contributed by atoms with Crippen molar-refractivity contribution in [3.05, 3.63) is 323 Å². The average Bonchev–Trinajstić information content (AvgIpc) is 1.58. The maximum absolute atomic E-state index is 7.39. The molecule has 4 nitrogen and oxygen atoms in total. The second kappa shape index (κ2) is 20.3. The van der Waals surface area contributed by atoms with Crippen molar-refractivity contribution in [1.29, 1.82) is 0 Å². The van der Waals surface area contributed by atoms with Crippen molar-refractivity contribution in [2.45, 2.75) is 47.0 Å². The van der Waals surface area contributed by atoms with Gasteiger partial charge in [-0.3, -0.25) is 0 Å². The molecule has 0 radical (unpaired) electrons. The summed E-state index contributed by atoms with van der Waals surface area (Å²) in [5, 5.41) is 6.62. The van der Waals surface area contributed by atoms with Gasteiger partial charge in [0.05, 0.1) is 22.5 Å². The van der Waals surface area contributed by atoms with Gasteiger partial charge in [0.1, 0.15) is 11.2 Å². The van der Waals surface area contributed by atoms with Gasteiger partial charge >= 0.3 is 0 Å². The van der Waals surface area contributed by atoms with E-state index in [4.69, 9.17) is 8.83 Å². The number of rotatable bonds is 10. The molecule has 0 atom stereocenters. The largest absolute Gasteiger partial charge is 0.453 e. The first-order chi connectivity index (χ1) is 42.6. The molecule has 0 N–H and O–H groups in total. The summed E-state index contributed by atoms with van der Waals surface area (Å²) < 4.78 is 14.7. The van der Waals surface area contributed by atoms with Crippen molar-refractivity contribution >= 4 is 88.8 Å². The molecular weight excluding hydrogens is 1060 g/mol. The second-order valence-electron chi connectivity index (χ2n) is 23.8. The minimum absolute atomic E-state index is 0.814. The van der Waals surface area contributed by atoms with Crippen LogP contribution in [0.4, 0.5) is 34.1 Å². The molecule has 0 saturated carbocycles.